The Morgan fingerprint density at radius 2 is 2.05 bits per heavy atom. The summed E-state index contributed by atoms with van der Waals surface area (Å²) >= 11 is 1.51. The summed E-state index contributed by atoms with van der Waals surface area (Å²) in [5.41, 5.74) is 1.42. The Labute approximate surface area is 129 Å². The van der Waals surface area contributed by atoms with Crippen LogP contribution in [0.2, 0.25) is 0 Å². The van der Waals surface area contributed by atoms with E-state index < -0.39 is 10.0 Å². The third-order valence-electron chi connectivity index (χ3n) is 3.12. The highest BCUT2D eigenvalue weighted by molar-refractivity contribution is 7.89. The van der Waals surface area contributed by atoms with E-state index in [1.165, 1.54) is 15.6 Å². The molecular weight excluding hydrogens is 308 g/mol. The number of benzene rings is 1. The molecule has 1 aromatic carbocycles. The molecule has 7 heteroatoms. The molecular formula is C14H18N2O3S2. The Hall–Kier alpha value is -1.44. The summed E-state index contributed by atoms with van der Waals surface area (Å²) in [5, 5.41) is 2.80. The second-order valence-electron chi connectivity index (χ2n) is 4.75. The number of sulfonamides is 1. The van der Waals surface area contributed by atoms with Crippen molar-refractivity contribution >= 4 is 21.4 Å². The van der Waals surface area contributed by atoms with Crippen molar-refractivity contribution in [3.05, 3.63) is 39.8 Å². The van der Waals surface area contributed by atoms with Crippen LogP contribution in [0.25, 0.3) is 0 Å². The number of hydrogen-bond donors (Lipinski definition) is 0. The van der Waals surface area contributed by atoms with Crippen molar-refractivity contribution in [1.29, 1.82) is 0 Å². The van der Waals surface area contributed by atoms with E-state index >= 15 is 0 Å². The number of rotatable bonds is 5. The van der Waals surface area contributed by atoms with Gasteiger partial charge in [-0.05, 0) is 37.6 Å². The number of nitrogens with zero attached hydrogens (tertiary/aromatic N) is 2. The Bertz CT molecular complexity index is 738. The van der Waals surface area contributed by atoms with Crippen molar-refractivity contribution in [1.82, 2.24) is 9.29 Å². The van der Waals surface area contributed by atoms with Crippen LogP contribution < -0.4 is 4.74 Å². The van der Waals surface area contributed by atoms with Crippen LogP contribution in [0.5, 0.6) is 5.75 Å². The van der Waals surface area contributed by atoms with Gasteiger partial charge in [0.15, 0.2) is 0 Å². The maximum absolute atomic E-state index is 12.6. The second kappa shape index (κ2) is 6.13. The third-order valence-corrected chi connectivity index (χ3v) is 5.91. The Morgan fingerprint density at radius 3 is 2.57 bits per heavy atom. The number of thiazole rings is 1. The normalized spacial score (nSPS) is 11.9. The summed E-state index contributed by atoms with van der Waals surface area (Å²) in [6.07, 6.45) is 0. The molecule has 0 aliphatic rings. The van der Waals surface area contributed by atoms with Crippen LogP contribution in [0.4, 0.5) is 0 Å². The monoisotopic (exact) mass is 326 g/mol. The van der Waals surface area contributed by atoms with E-state index in [2.05, 4.69) is 4.98 Å². The van der Waals surface area contributed by atoms with Crippen LogP contribution in [0.3, 0.4) is 0 Å². The Kier molecular flexibility index (Phi) is 4.65. The molecule has 0 aliphatic carbocycles. The lowest BCUT2D eigenvalue weighted by Gasteiger charge is -2.18. The van der Waals surface area contributed by atoms with Gasteiger partial charge in [0.05, 0.1) is 29.3 Å². The molecule has 0 saturated heterocycles. The summed E-state index contributed by atoms with van der Waals surface area (Å²) in [6, 6.07) is 4.95. The minimum atomic E-state index is -3.54. The van der Waals surface area contributed by atoms with E-state index in [9.17, 15) is 8.42 Å². The average Bonchev–Trinajstić information content (AvgIpc) is 2.83. The quantitative estimate of drug-likeness (QED) is 0.847. The fourth-order valence-corrected chi connectivity index (χ4v) is 3.95. The van der Waals surface area contributed by atoms with E-state index in [4.69, 9.17) is 4.74 Å². The molecule has 114 valence electrons. The van der Waals surface area contributed by atoms with Gasteiger partial charge in [-0.1, -0.05) is 0 Å². The van der Waals surface area contributed by atoms with Gasteiger partial charge in [-0.15, -0.1) is 11.3 Å². The minimum absolute atomic E-state index is 0.262. The fraction of sp³-hybridized carbons (Fsp3) is 0.357. The van der Waals surface area contributed by atoms with Gasteiger partial charge >= 0.3 is 0 Å². The standard InChI is InChI=1S/C14H18N2O3S2/c1-10-7-13(19-4)5-6-14(10)21(17,18)16(3)8-12-9-20-11(2)15-12/h5-7,9H,8H2,1-4H3. The molecule has 0 radical (unpaired) electrons. The summed E-state index contributed by atoms with van der Waals surface area (Å²) in [7, 11) is -0.423. The van der Waals surface area contributed by atoms with Gasteiger partial charge in [-0.3, -0.25) is 0 Å². The average molecular weight is 326 g/mol. The van der Waals surface area contributed by atoms with Crippen LogP contribution in [-0.4, -0.2) is 31.9 Å². The summed E-state index contributed by atoms with van der Waals surface area (Å²) in [6.45, 7) is 3.92. The number of ether oxygens (including phenoxy) is 1. The molecule has 1 aromatic heterocycles. The van der Waals surface area contributed by atoms with Crippen molar-refractivity contribution in [2.24, 2.45) is 0 Å². The van der Waals surface area contributed by atoms with Gasteiger partial charge in [0.1, 0.15) is 5.75 Å². The number of hydrogen-bond acceptors (Lipinski definition) is 5. The highest BCUT2D eigenvalue weighted by Gasteiger charge is 2.23. The van der Waals surface area contributed by atoms with Crippen molar-refractivity contribution in [2.75, 3.05) is 14.2 Å². The smallest absolute Gasteiger partial charge is 0.243 e. The Morgan fingerprint density at radius 1 is 1.33 bits per heavy atom. The highest BCUT2D eigenvalue weighted by Crippen LogP contribution is 2.24. The van der Waals surface area contributed by atoms with Crippen molar-refractivity contribution in [3.8, 4) is 5.75 Å². The van der Waals surface area contributed by atoms with Crippen LogP contribution in [0.1, 0.15) is 16.3 Å². The van der Waals surface area contributed by atoms with Crippen LogP contribution in [-0.2, 0) is 16.6 Å². The summed E-state index contributed by atoms with van der Waals surface area (Å²) in [4.78, 5) is 4.59. The zero-order chi connectivity index (χ0) is 15.6. The first-order valence-electron chi connectivity index (χ1n) is 6.36. The van der Waals surface area contributed by atoms with Crippen LogP contribution in [0.15, 0.2) is 28.5 Å². The first-order valence-corrected chi connectivity index (χ1v) is 8.68. The molecule has 2 rings (SSSR count). The lowest BCUT2D eigenvalue weighted by Crippen LogP contribution is -2.27. The molecule has 0 unspecified atom stereocenters. The predicted molar refractivity (Wildman–Crippen MR) is 83.2 cm³/mol. The lowest BCUT2D eigenvalue weighted by molar-refractivity contribution is 0.413. The molecule has 0 fully saturated rings. The lowest BCUT2D eigenvalue weighted by atomic mass is 10.2. The number of aromatic nitrogens is 1. The maximum atomic E-state index is 12.6. The van der Waals surface area contributed by atoms with Crippen molar-refractivity contribution in [2.45, 2.75) is 25.3 Å². The maximum Gasteiger partial charge on any atom is 0.243 e. The van der Waals surface area contributed by atoms with Gasteiger partial charge in [-0.2, -0.15) is 4.31 Å². The van der Waals surface area contributed by atoms with Gasteiger partial charge in [0.2, 0.25) is 10.0 Å². The molecule has 2 aromatic rings. The fourth-order valence-electron chi connectivity index (χ4n) is 2.00. The van der Waals surface area contributed by atoms with E-state index in [0.717, 1.165) is 10.7 Å². The van der Waals surface area contributed by atoms with Gasteiger partial charge in [-0.25, -0.2) is 13.4 Å². The largest absolute Gasteiger partial charge is 0.497 e. The summed E-state index contributed by atoms with van der Waals surface area (Å²) in [5.74, 6) is 0.643. The topological polar surface area (TPSA) is 59.5 Å². The minimum Gasteiger partial charge on any atom is -0.497 e. The second-order valence-corrected chi connectivity index (χ2v) is 7.83. The first-order chi connectivity index (χ1) is 9.84. The zero-order valence-electron chi connectivity index (χ0n) is 12.5. The Balaban J connectivity index is 2.28. The van der Waals surface area contributed by atoms with Crippen LogP contribution >= 0.6 is 11.3 Å². The van der Waals surface area contributed by atoms with E-state index in [1.807, 2.05) is 12.3 Å². The third kappa shape index (κ3) is 3.42. The first kappa shape index (κ1) is 15.9. The molecule has 0 spiro atoms. The highest BCUT2D eigenvalue weighted by atomic mass is 32.2. The molecule has 0 N–H and O–H groups in total. The molecule has 1 heterocycles. The molecule has 0 saturated carbocycles. The van der Waals surface area contributed by atoms with Crippen LogP contribution in [0, 0.1) is 13.8 Å². The predicted octanol–water partition coefficient (Wildman–Crippen LogP) is 2.59. The van der Waals surface area contributed by atoms with Crippen molar-refractivity contribution in [3.63, 3.8) is 0 Å². The van der Waals surface area contributed by atoms with E-state index in [1.54, 1.807) is 39.3 Å². The SMILES string of the molecule is COc1ccc(S(=O)(=O)N(C)Cc2csc(C)n2)c(C)c1. The van der Waals surface area contributed by atoms with E-state index in [-0.39, 0.29) is 11.4 Å². The molecule has 21 heavy (non-hydrogen) atoms. The zero-order valence-corrected chi connectivity index (χ0v) is 14.1. The molecule has 0 aliphatic heterocycles. The van der Waals surface area contributed by atoms with Crippen molar-refractivity contribution < 1.29 is 13.2 Å². The van der Waals surface area contributed by atoms with Gasteiger partial charge in [0, 0.05) is 12.4 Å². The molecule has 5 nitrogen and oxygen atoms in total. The van der Waals surface area contributed by atoms with Gasteiger partial charge < -0.3 is 4.74 Å². The van der Waals surface area contributed by atoms with Gasteiger partial charge in [0.25, 0.3) is 0 Å². The number of methoxy groups -OCH3 is 1. The molecule has 0 bridgehead atoms. The number of aryl methyl sites for hydroxylation is 2. The summed E-state index contributed by atoms with van der Waals surface area (Å²) < 4.78 is 31.7. The molecule has 0 amide bonds. The van der Waals surface area contributed by atoms with E-state index in [0.29, 0.717) is 11.3 Å². The molecule has 0 atom stereocenters.